The largest absolute Gasteiger partial charge is 0.399 e. The van der Waals surface area contributed by atoms with E-state index in [1.165, 1.54) is 0 Å². The summed E-state index contributed by atoms with van der Waals surface area (Å²) < 4.78 is 0. The first-order valence-corrected chi connectivity index (χ1v) is 5.99. The molecule has 0 saturated carbocycles. The van der Waals surface area contributed by atoms with Crippen LogP contribution in [0.5, 0.6) is 0 Å². The molecule has 1 atom stereocenters. The van der Waals surface area contributed by atoms with Crippen molar-refractivity contribution < 1.29 is 9.90 Å². The van der Waals surface area contributed by atoms with Crippen molar-refractivity contribution in [3.63, 3.8) is 0 Å². The molecule has 1 aliphatic rings. The Balaban J connectivity index is 1.97. The number of aromatic amines is 1. The molecule has 1 aromatic heterocycles. The number of carbonyl (C=O) groups excluding carboxylic acids is 1. The number of H-pyrrole nitrogens is 1. The van der Waals surface area contributed by atoms with E-state index >= 15 is 0 Å². The first-order chi connectivity index (χ1) is 8.65. The average Bonchev–Trinajstić information content (AvgIpc) is 2.94. The number of aliphatic hydroxyl groups is 1. The van der Waals surface area contributed by atoms with E-state index in [-0.39, 0.29) is 5.91 Å². The highest BCUT2D eigenvalue weighted by Gasteiger charge is 2.26. The predicted molar refractivity (Wildman–Crippen MR) is 69.2 cm³/mol. The van der Waals surface area contributed by atoms with E-state index in [0.29, 0.717) is 30.8 Å². The van der Waals surface area contributed by atoms with E-state index in [1.54, 1.807) is 17.2 Å². The van der Waals surface area contributed by atoms with Crippen LogP contribution in [0.25, 0.3) is 10.9 Å². The normalized spacial score (nSPS) is 19.6. The lowest BCUT2D eigenvalue weighted by Gasteiger charge is -2.14. The van der Waals surface area contributed by atoms with Crippen LogP contribution in [-0.4, -0.2) is 40.1 Å². The summed E-state index contributed by atoms with van der Waals surface area (Å²) >= 11 is 0. The molecule has 3 rings (SSSR count). The Labute approximate surface area is 104 Å². The number of nitrogen functional groups attached to an aromatic ring is 1. The lowest BCUT2D eigenvalue weighted by molar-refractivity contribution is 0.0767. The second-order valence-electron chi connectivity index (χ2n) is 4.70. The predicted octanol–water partition coefficient (Wildman–Crippen LogP) is 0.957. The molecular formula is C13H15N3O2. The topological polar surface area (TPSA) is 82.3 Å². The summed E-state index contributed by atoms with van der Waals surface area (Å²) in [6.07, 6.45) is 1.97. The smallest absolute Gasteiger partial charge is 0.256 e. The highest BCUT2D eigenvalue weighted by atomic mass is 16.3. The number of hydrogen-bond acceptors (Lipinski definition) is 3. The zero-order chi connectivity index (χ0) is 12.7. The van der Waals surface area contributed by atoms with E-state index < -0.39 is 6.10 Å². The number of hydrogen-bond donors (Lipinski definition) is 3. The first-order valence-electron chi connectivity index (χ1n) is 5.99. The van der Waals surface area contributed by atoms with Crippen LogP contribution in [0, 0.1) is 0 Å². The monoisotopic (exact) mass is 245 g/mol. The molecular weight excluding hydrogens is 230 g/mol. The molecule has 94 valence electrons. The van der Waals surface area contributed by atoms with Crippen LogP contribution in [0.2, 0.25) is 0 Å². The van der Waals surface area contributed by atoms with Gasteiger partial charge in [0.15, 0.2) is 0 Å². The van der Waals surface area contributed by atoms with Crippen LogP contribution in [-0.2, 0) is 0 Å². The maximum Gasteiger partial charge on any atom is 0.256 e. The summed E-state index contributed by atoms with van der Waals surface area (Å²) in [4.78, 5) is 17.1. The molecule has 2 heterocycles. The zero-order valence-corrected chi connectivity index (χ0v) is 9.89. The van der Waals surface area contributed by atoms with Crippen LogP contribution in [0.4, 0.5) is 5.69 Å². The fraction of sp³-hybridized carbons (Fsp3) is 0.308. The Kier molecular flexibility index (Phi) is 2.48. The molecule has 1 saturated heterocycles. The van der Waals surface area contributed by atoms with Crippen molar-refractivity contribution in [2.75, 3.05) is 18.8 Å². The van der Waals surface area contributed by atoms with Gasteiger partial charge in [0.05, 0.1) is 11.7 Å². The zero-order valence-electron chi connectivity index (χ0n) is 9.89. The average molecular weight is 245 g/mol. The van der Waals surface area contributed by atoms with Gasteiger partial charge in [-0.2, -0.15) is 0 Å². The van der Waals surface area contributed by atoms with Crippen molar-refractivity contribution in [1.82, 2.24) is 9.88 Å². The van der Waals surface area contributed by atoms with Crippen LogP contribution >= 0.6 is 0 Å². The summed E-state index contributed by atoms with van der Waals surface area (Å²) in [6.45, 7) is 1.03. The maximum absolute atomic E-state index is 12.3. The third kappa shape index (κ3) is 1.73. The lowest BCUT2D eigenvalue weighted by atomic mass is 10.1. The molecule has 0 unspecified atom stereocenters. The van der Waals surface area contributed by atoms with Gasteiger partial charge in [-0.3, -0.25) is 4.79 Å². The van der Waals surface area contributed by atoms with Gasteiger partial charge in [0, 0.05) is 35.9 Å². The summed E-state index contributed by atoms with van der Waals surface area (Å²) in [7, 11) is 0. The van der Waals surface area contributed by atoms with Gasteiger partial charge in [0.1, 0.15) is 0 Å². The SMILES string of the molecule is Nc1ccc2c(C(=O)N3CC[C@H](O)C3)c[nH]c2c1. The van der Waals surface area contributed by atoms with Crippen LogP contribution in [0.3, 0.4) is 0 Å². The number of fused-ring (bicyclic) bond motifs is 1. The number of amides is 1. The Morgan fingerprint density at radius 1 is 1.50 bits per heavy atom. The quantitative estimate of drug-likeness (QED) is 0.654. The van der Waals surface area contributed by atoms with Crippen molar-refractivity contribution in [2.24, 2.45) is 0 Å². The molecule has 1 aliphatic heterocycles. The molecule has 0 bridgehead atoms. The van der Waals surface area contributed by atoms with E-state index in [2.05, 4.69) is 4.98 Å². The van der Waals surface area contributed by atoms with Gasteiger partial charge in [-0.1, -0.05) is 0 Å². The molecule has 1 fully saturated rings. The van der Waals surface area contributed by atoms with E-state index in [4.69, 9.17) is 5.73 Å². The summed E-state index contributed by atoms with van der Waals surface area (Å²) in [5.74, 6) is -0.0393. The Morgan fingerprint density at radius 2 is 2.33 bits per heavy atom. The first kappa shape index (κ1) is 11.1. The van der Waals surface area contributed by atoms with Crippen LogP contribution in [0.1, 0.15) is 16.8 Å². The molecule has 5 nitrogen and oxygen atoms in total. The molecule has 1 amide bonds. The standard InChI is InChI=1S/C13H15N3O2/c14-8-1-2-10-11(6-15-12(10)5-8)13(18)16-4-3-9(17)7-16/h1-2,5-6,9,15,17H,3-4,7,14H2/t9-/m0/s1. The Hall–Kier alpha value is -2.01. The molecule has 2 aromatic rings. The number of nitrogens with two attached hydrogens (primary N) is 1. The minimum Gasteiger partial charge on any atom is -0.399 e. The van der Waals surface area contributed by atoms with Crippen molar-refractivity contribution >= 4 is 22.5 Å². The number of β-amino-alcohol motifs (C(OH)–C–C–N with tert-alkyl or cyclic N) is 1. The Morgan fingerprint density at radius 3 is 3.06 bits per heavy atom. The second-order valence-corrected chi connectivity index (χ2v) is 4.70. The van der Waals surface area contributed by atoms with Crippen LogP contribution < -0.4 is 5.73 Å². The number of rotatable bonds is 1. The van der Waals surface area contributed by atoms with Gasteiger partial charge >= 0.3 is 0 Å². The van der Waals surface area contributed by atoms with Crippen LogP contribution in [0.15, 0.2) is 24.4 Å². The summed E-state index contributed by atoms with van der Waals surface area (Å²) in [5.41, 5.74) is 7.87. The van der Waals surface area contributed by atoms with Gasteiger partial charge in [-0.05, 0) is 24.6 Å². The highest BCUT2D eigenvalue weighted by Crippen LogP contribution is 2.23. The van der Waals surface area contributed by atoms with Gasteiger partial charge in [0.25, 0.3) is 5.91 Å². The third-order valence-electron chi connectivity index (χ3n) is 3.39. The molecule has 4 N–H and O–H groups in total. The molecule has 1 aromatic carbocycles. The number of anilines is 1. The van der Waals surface area contributed by atoms with E-state index in [0.717, 1.165) is 10.9 Å². The maximum atomic E-state index is 12.3. The molecule has 0 spiro atoms. The molecule has 18 heavy (non-hydrogen) atoms. The molecule has 5 heteroatoms. The lowest BCUT2D eigenvalue weighted by Crippen LogP contribution is -2.29. The van der Waals surface area contributed by atoms with Gasteiger partial charge in [-0.25, -0.2) is 0 Å². The number of nitrogens with one attached hydrogen (secondary N) is 1. The van der Waals surface area contributed by atoms with Gasteiger partial charge < -0.3 is 20.7 Å². The van der Waals surface area contributed by atoms with E-state index in [9.17, 15) is 9.90 Å². The number of carbonyl (C=O) groups is 1. The fourth-order valence-electron chi connectivity index (χ4n) is 2.42. The van der Waals surface area contributed by atoms with Crippen molar-refractivity contribution in [2.45, 2.75) is 12.5 Å². The number of likely N-dealkylation sites (tertiary alicyclic amines) is 1. The minimum absolute atomic E-state index is 0.0393. The number of aliphatic hydroxyl groups excluding tert-OH is 1. The van der Waals surface area contributed by atoms with Gasteiger partial charge in [-0.15, -0.1) is 0 Å². The second kappa shape index (κ2) is 4.03. The minimum atomic E-state index is -0.394. The number of benzene rings is 1. The number of aromatic nitrogens is 1. The summed E-state index contributed by atoms with van der Waals surface area (Å²) in [6, 6.07) is 5.44. The molecule has 0 radical (unpaired) electrons. The fourth-order valence-corrected chi connectivity index (χ4v) is 2.42. The third-order valence-corrected chi connectivity index (χ3v) is 3.39. The molecule has 0 aliphatic carbocycles. The van der Waals surface area contributed by atoms with Gasteiger partial charge in [0.2, 0.25) is 0 Å². The summed E-state index contributed by atoms with van der Waals surface area (Å²) in [5, 5.41) is 10.3. The highest BCUT2D eigenvalue weighted by molar-refractivity contribution is 6.07. The Bertz CT molecular complexity index is 605. The van der Waals surface area contributed by atoms with E-state index in [1.807, 2.05) is 12.1 Å². The number of nitrogens with zero attached hydrogens (tertiary/aromatic N) is 1. The van der Waals surface area contributed by atoms with Crippen molar-refractivity contribution in [3.05, 3.63) is 30.0 Å². The van der Waals surface area contributed by atoms with Crippen molar-refractivity contribution in [3.8, 4) is 0 Å². The van der Waals surface area contributed by atoms with Crippen molar-refractivity contribution in [1.29, 1.82) is 0 Å².